The SMILES string of the molecule is c1ccc(-c2cc(-c3ccc(-c4ccc5c6ccc(-c7ccc8c(c7)c7ccccc7n8-c7ccccc7)cc6c6ccccc6c5c4)cc3)nc(-c3ccccc3)n2)cc1. The Labute approximate surface area is 353 Å². The topological polar surface area (TPSA) is 30.7 Å². The largest absolute Gasteiger partial charge is 0.309 e. The Bertz CT molecular complexity index is 3530. The number of aromatic nitrogens is 3. The average molecular weight is 776 g/mol. The maximum atomic E-state index is 5.06. The Morgan fingerprint density at radius 1 is 0.246 bits per heavy atom. The van der Waals surface area contributed by atoms with E-state index < -0.39 is 0 Å². The molecular weight excluding hydrogens is 739 g/mol. The molecule has 3 nitrogen and oxygen atoms in total. The van der Waals surface area contributed by atoms with E-state index >= 15 is 0 Å². The summed E-state index contributed by atoms with van der Waals surface area (Å²) in [6.07, 6.45) is 0. The van der Waals surface area contributed by atoms with E-state index in [0.717, 1.165) is 39.5 Å². The zero-order chi connectivity index (χ0) is 40.3. The molecule has 0 spiro atoms. The number of hydrogen-bond acceptors (Lipinski definition) is 2. The molecule has 0 amide bonds. The first-order chi connectivity index (χ1) is 30.2. The first-order valence-electron chi connectivity index (χ1n) is 20.8. The predicted octanol–water partition coefficient (Wildman–Crippen LogP) is 15.4. The number of para-hydroxylation sites is 2. The van der Waals surface area contributed by atoms with Crippen LogP contribution in [0.15, 0.2) is 224 Å². The molecule has 0 atom stereocenters. The number of fused-ring (bicyclic) bond motifs is 9. The van der Waals surface area contributed by atoms with Gasteiger partial charge in [-0.05, 0) is 103 Å². The van der Waals surface area contributed by atoms with Crippen LogP contribution in [0.1, 0.15) is 0 Å². The average Bonchev–Trinajstić information content (AvgIpc) is 3.68. The van der Waals surface area contributed by atoms with Gasteiger partial charge in [0.15, 0.2) is 5.82 Å². The molecule has 61 heavy (non-hydrogen) atoms. The molecule has 0 N–H and O–H groups in total. The van der Waals surface area contributed by atoms with Crippen molar-refractivity contribution in [1.82, 2.24) is 14.5 Å². The third kappa shape index (κ3) is 5.98. The lowest BCUT2D eigenvalue weighted by atomic mass is 9.90. The zero-order valence-corrected chi connectivity index (χ0v) is 33.2. The second kappa shape index (κ2) is 14.3. The van der Waals surface area contributed by atoms with Crippen molar-refractivity contribution >= 4 is 54.1 Å². The van der Waals surface area contributed by atoms with Gasteiger partial charge in [0, 0.05) is 33.2 Å². The van der Waals surface area contributed by atoms with E-state index in [9.17, 15) is 0 Å². The molecule has 2 heterocycles. The summed E-state index contributed by atoms with van der Waals surface area (Å²) in [6.45, 7) is 0. The summed E-state index contributed by atoms with van der Waals surface area (Å²) in [6, 6.07) is 80.5. The number of nitrogens with zero attached hydrogens (tertiary/aromatic N) is 3. The molecule has 10 aromatic carbocycles. The number of hydrogen-bond donors (Lipinski definition) is 0. The van der Waals surface area contributed by atoms with E-state index in [1.165, 1.54) is 76.5 Å². The van der Waals surface area contributed by atoms with Crippen molar-refractivity contribution in [2.75, 3.05) is 0 Å². The van der Waals surface area contributed by atoms with Crippen molar-refractivity contribution in [1.29, 1.82) is 0 Å². The van der Waals surface area contributed by atoms with Crippen molar-refractivity contribution in [3.8, 4) is 61.8 Å². The van der Waals surface area contributed by atoms with E-state index in [4.69, 9.17) is 9.97 Å². The molecule has 12 rings (SSSR count). The normalized spacial score (nSPS) is 11.6. The minimum atomic E-state index is 0.718. The van der Waals surface area contributed by atoms with Crippen LogP contribution in [0.3, 0.4) is 0 Å². The summed E-state index contributed by atoms with van der Waals surface area (Å²) < 4.78 is 2.37. The van der Waals surface area contributed by atoms with Gasteiger partial charge in [-0.1, -0.05) is 176 Å². The fraction of sp³-hybridized carbons (Fsp3) is 0. The van der Waals surface area contributed by atoms with Crippen molar-refractivity contribution < 1.29 is 0 Å². The van der Waals surface area contributed by atoms with Gasteiger partial charge in [-0.2, -0.15) is 0 Å². The van der Waals surface area contributed by atoms with Crippen LogP contribution in [-0.4, -0.2) is 14.5 Å². The van der Waals surface area contributed by atoms with Gasteiger partial charge in [0.05, 0.1) is 22.4 Å². The molecule has 0 aliphatic heterocycles. The molecule has 0 saturated heterocycles. The monoisotopic (exact) mass is 775 g/mol. The van der Waals surface area contributed by atoms with Gasteiger partial charge in [-0.3, -0.25) is 0 Å². The Morgan fingerprint density at radius 3 is 1.28 bits per heavy atom. The van der Waals surface area contributed by atoms with Gasteiger partial charge >= 0.3 is 0 Å². The Kier molecular flexibility index (Phi) is 8.17. The summed E-state index contributed by atoms with van der Waals surface area (Å²) in [7, 11) is 0. The standard InChI is InChI=1S/C58H37N3/c1-4-14-39(15-5-1)54-37-55(60-58(59-54)41-16-6-2-7-17-41)40-26-24-38(25-27-40)42-28-31-48-49-32-29-43(35-52(49)47-21-11-10-20-46(47)51(48)34-42)44-30-33-57-53(36-44)50-22-12-13-23-56(50)61(57)45-18-8-3-9-19-45/h1-37H. The minimum absolute atomic E-state index is 0.718. The fourth-order valence-corrected chi connectivity index (χ4v) is 9.23. The summed E-state index contributed by atoms with van der Waals surface area (Å²) in [5.41, 5.74) is 13.3. The molecule has 12 aromatic rings. The van der Waals surface area contributed by atoms with E-state index in [1.807, 2.05) is 24.3 Å². The third-order valence-electron chi connectivity index (χ3n) is 12.2. The molecule has 0 aliphatic carbocycles. The van der Waals surface area contributed by atoms with Crippen LogP contribution in [0.4, 0.5) is 0 Å². The van der Waals surface area contributed by atoms with Crippen LogP contribution in [0, 0.1) is 0 Å². The van der Waals surface area contributed by atoms with Gasteiger partial charge in [-0.15, -0.1) is 0 Å². The molecular formula is C58H37N3. The third-order valence-corrected chi connectivity index (χ3v) is 12.2. The van der Waals surface area contributed by atoms with Gasteiger partial charge in [-0.25, -0.2) is 9.97 Å². The van der Waals surface area contributed by atoms with Crippen LogP contribution in [-0.2, 0) is 0 Å². The first kappa shape index (κ1) is 34.9. The molecule has 0 radical (unpaired) electrons. The van der Waals surface area contributed by atoms with Crippen molar-refractivity contribution in [2.24, 2.45) is 0 Å². The molecule has 0 bridgehead atoms. The predicted molar refractivity (Wildman–Crippen MR) is 256 cm³/mol. The van der Waals surface area contributed by atoms with E-state index in [1.54, 1.807) is 0 Å². The summed E-state index contributed by atoms with van der Waals surface area (Å²) in [4.78, 5) is 10.0. The Hall–Kier alpha value is -8.14. The van der Waals surface area contributed by atoms with E-state index in [0.29, 0.717) is 0 Å². The summed E-state index contributed by atoms with van der Waals surface area (Å²) >= 11 is 0. The highest BCUT2D eigenvalue weighted by Crippen LogP contribution is 2.41. The lowest BCUT2D eigenvalue weighted by Crippen LogP contribution is -1.95. The van der Waals surface area contributed by atoms with Gasteiger partial charge in [0.25, 0.3) is 0 Å². The molecule has 0 fully saturated rings. The number of rotatable bonds is 6. The first-order valence-corrected chi connectivity index (χ1v) is 20.8. The molecule has 3 heteroatoms. The van der Waals surface area contributed by atoms with Gasteiger partial charge in [0.2, 0.25) is 0 Å². The highest BCUT2D eigenvalue weighted by Gasteiger charge is 2.16. The smallest absolute Gasteiger partial charge is 0.160 e. The van der Waals surface area contributed by atoms with Crippen molar-refractivity contribution in [3.05, 3.63) is 224 Å². The fourth-order valence-electron chi connectivity index (χ4n) is 9.23. The zero-order valence-electron chi connectivity index (χ0n) is 33.2. The van der Waals surface area contributed by atoms with Crippen molar-refractivity contribution in [3.63, 3.8) is 0 Å². The number of benzene rings is 10. The van der Waals surface area contributed by atoms with Crippen LogP contribution in [0.25, 0.3) is 116 Å². The molecule has 0 aliphatic rings. The summed E-state index contributed by atoms with van der Waals surface area (Å²) in [5.74, 6) is 0.718. The van der Waals surface area contributed by atoms with Crippen LogP contribution in [0.2, 0.25) is 0 Å². The second-order valence-corrected chi connectivity index (χ2v) is 15.8. The molecule has 0 saturated carbocycles. The Balaban J connectivity index is 0.934. The minimum Gasteiger partial charge on any atom is -0.309 e. The Morgan fingerprint density at radius 2 is 0.656 bits per heavy atom. The lowest BCUT2D eigenvalue weighted by Gasteiger charge is -2.14. The molecule has 0 unspecified atom stereocenters. The van der Waals surface area contributed by atoms with Crippen LogP contribution >= 0.6 is 0 Å². The maximum Gasteiger partial charge on any atom is 0.160 e. The summed E-state index contributed by atoms with van der Waals surface area (Å²) in [5, 5.41) is 10.1. The van der Waals surface area contributed by atoms with Crippen LogP contribution < -0.4 is 0 Å². The van der Waals surface area contributed by atoms with E-state index in [-0.39, 0.29) is 0 Å². The maximum absolute atomic E-state index is 5.06. The van der Waals surface area contributed by atoms with Crippen LogP contribution in [0.5, 0.6) is 0 Å². The van der Waals surface area contributed by atoms with Gasteiger partial charge < -0.3 is 4.57 Å². The second-order valence-electron chi connectivity index (χ2n) is 15.8. The highest BCUT2D eigenvalue weighted by atomic mass is 15.0. The van der Waals surface area contributed by atoms with Crippen molar-refractivity contribution in [2.45, 2.75) is 0 Å². The highest BCUT2D eigenvalue weighted by molar-refractivity contribution is 6.26. The lowest BCUT2D eigenvalue weighted by molar-refractivity contribution is 1.18. The van der Waals surface area contributed by atoms with Gasteiger partial charge in [0.1, 0.15) is 0 Å². The molecule has 284 valence electrons. The molecule has 2 aromatic heterocycles. The quantitative estimate of drug-likeness (QED) is 0.158. The van der Waals surface area contributed by atoms with E-state index in [2.05, 4.69) is 205 Å².